The molecule has 0 aliphatic heterocycles. The van der Waals surface area contributed by atoms with Crippen molar-refractivity contribution in [2.24, 2.45) is 11.7 Å². The summed E-state index contributed by atoms with van der Waals surface area (Å²) in [5, 5.41) is 0. The minimum absolute atomic E-state index is 0.189. The number of benzene rings is 2. The van der Waals surface area contributed by atoms with Crippen LogP contribution in [0, 0.1) is 5.92 Å². The molecule has 0 amide bonds. The molecule has 188 valence electrons. The van der Waals surface area contributed by atoms with Crippen molar-refractivity contribution in [1.82, 2.24) is 0 Å². The summed E-state index contributed by atoms with van der Waals surface area (Å²) in [6.07, 6.45) is 7.35. The molecule has 2 N–H and O–H groups in total. The van der Waals surface area contributed by atoms with Crippen LogP contribution in [0.4, 0.5) is 0 Å². The molecule has 1 fully saturated rings. The lowest BCUT2D eigenvalue weighted by Gasteiger charge is -2.29. The van der Waals surface area contributed by atoms with Gasteiger partial charge in [0.05, 0.1) is 6.61 Å². The summed E-state index contributed by atoms with van der Waals surface area (Å²) in [5.41, 5.74) is 8.85. The van der Waals surface area contributed by atoms with E-state index in [1.54, 1.807) is 0 Å². The normalized spacial score (nSPS) is 16.9. The van der Waals surface area contributed by atoms with E-state index in [1.165, 1.54) is 43.2 Å². The van der Waals surface area contributed by atoms with Gasteiger partial charge in [0.2, 0.25) is 0 Å². The quantitative estimate of drug-likeness (QED) is 0.261. The Hall–Kier alpha value is -2.04. The number of hydrogen-bond donors (Lipinski definition) is 1. The first-order chi connectivity index (χ1) is 16.2. The molecule has 2 aromatic rings. The van der Waals surface area contributed by atoms with Crippen molar-refractivity contribution in [3.63, 3.8) is 0 Å². The van der Waals surface area contributed by atoms with Gasteiger partial charge in [-0.25, -0.2) is 0 Å². The summed E-state index contributed by atoms with van der Waals surface area (Å²) < 4.78 is 17.6. The van der Waals surface area contributed by atoms with E-state index in [2.05, 4.69) is 64.1 Å². The maximum absolute atomic E-state index is 6.29. The molecule has 4 nitrogen and oxygen atoms in total. The maximum atomic E-state index is 6.29. The van der Waals surface area contributed by atoms with E-state index >= 15 is 0 Å². The first kappa shape index (κ1) is 26.6. The van der Waals surface area contributed by atoms with Crippen LogP contribution >= 0.6 is 0 Å². The van der Waals surface area contributed by atoms with Crippen LogP contribution in [0.1, 0.15) is 96.1 Å². The van der Waals surface area contributed by atoms with Gasteiger partial charge in [0.1, 0.15) is 18.1 Å². The van der Waals surface area contributed by atoms with Gasteiger partial charge < -0.3 is 19.9 Å². The Morgan fingerprint density at radius 2 is 1.47 bits per heavy atom. The van der Waals surface area contributed by atoms with Crippen molar-refractivity contribution >= 4 is 0 Å². The molecule has 0 heterocycles. The highest BCUT2D eigenvalue weighted by Crippen LogP contribution is 2.34. The van der Waals surface area contributed by atoms with Crippen LogP contribution in [-0.2, 0) is 4.74 Å². The van der Waals surface area contributed by atoms with Crippen molar-refractivity contribution in [2.45, 2.75) is 96.8 Å². The van der Waals surface area contributed by atoms with Crippen molar-refractivity contribution in [1.29, 1.82) is 0 Å². The van der Waals surface area contributed by atoms with Crippen molar-refractivity contribution in [2.75, 3.05) is 13.2 Å². The number of nitrogens with two attached hydrogens (primary N) is 1. The third-order valence-corrected chi connectivity index (χ3v) is 6.82. The Balaban J connectivity index is 1.39. The summed E-state index contributed by atoms with van der Waals surface area (Å²) in [7, 11) is 0. The van der Waals surface area contributed by atoms with Gasteiger partial charge in [0.15, 0.2) is 6.29 Å². The standard InChI is InChI=1S/C30H45NO3/c1-22(2)29(21-30(4,5)31)26-13-17-28(18-14-26)34-23(3)32-19-20-33-27-15-11-25(12-16-27)24-9-7-6-8-10-24/h11-18,22-24,29H,6-10,19-21,31H2,1-5H3. The molecule has 0 aromatic heterocycles. The molecule has 0 saturated heterocycles. The molecule has 4 heteroatoms. The highest BCUT2D eigenvalue weighted by atomic mass is 16.7. The monoisotopic (exact) mass is 467 g/mol. The fraction of sp³-hybridized carbons (Fsp3) is 0.600. The minimum Gasteiger partial charge on any atom is -0.491 e. The van der Waals surface area contributed by atoms with Gasteiger partial charge in [0, 0.05) is 5.54 Å². The second-order valence-electron chi connectivity index (χ2n) is 10.9. The van der Waals surface area contributed by atoms with Crippen LogP contribution in [0.3, 0.4) is 0 Å². The summed E-state index contributed by atoms with van der Waals surface area (Å²) in [6.45, 7) is 11.6. The van der Waals surface area contributed by atoms with Gasteiger partial charge in [0.25, 0.3) is 0 Å². The summed E-state index contributed by atoms with van der Waals surface area (Å²) in [4.78, 5) is 0. The molecule has 34 heavy (non-hydrogen) atoms. The molecular formula is C30H45NO3. The number of hydrogen-bond acceptors (Lipinski definition) is 4. The summed E-state index contributed by atoms with van der Waals surface area (Å²) >= 11 is 0. The molecule has 1 saturated carbocycles. The van der Waals surface area contributed by atoms with Crippen LogP contribution < -0.4 is 15.2 Å². The molecule has 1 aliphatic carbocycles. The van der Waals surface area contributed by atoms with Gasteiger partial charge in [-0.1, -0.05) is 57.4 Å². The van der Waals surface area contributed by atoms with Gasteiger partial charge in [-0.05, 0) is 93.2 Å². The van der Waals surface area contributed by atoms with Crippen LogP contribution in [-0.4, -0.2) is 25.0 Å². The maximum Gasteiger partial charge on any atom is 0.197 e. The van der Waals surface area contributed by atoms with Gasteiger partial charge in [-0.3, -0.25) is 0 Å². The number of ether oxygens (including phenoxy) is 3. The lowest BCUT2D eigenvalue weighted by molar-refractivity contribution is -0.0739. The van der Waals surface area contributed by atoms with E-state index in [0.717, 1.165) is 23.8 Å². The average Bonchev–Trinajstić information content (AvgIpc) is 2.81. The SMILES string of the molecule is CC(OCCOc1ccc(C2CCCCC2)cc1)Oc1ccc(C(CC(C)(C)N)C(C)C)cc1. The molecule has 0 spiro atoms. The third kappa shape index (κ3) is 8.63. The summed E-state index contributed by atoms with van der Waals surface area (Å²) in [5.74, 6) is 3.39. The van der Waals surface area contributed by atoms with E-state index < -0.39 is 0 Å². The Morgan fingerprint density at radius 3 is 2.06 bits per heavy atom. The number of rotatable bonds is 12. The third-order valence-electron chi connectivity index (χ3n) is 6.82. The highest BCUT2D eigenvalue weighted by Gasteiger charge is 2.23. The molecule has 2 atom stereocenters. The zero-order valence-corrected chi connectivity index (χ0v) is 21.9. The fourth-order valence-electron chi connectivity index (χ4n) is 4.97. The minimum atomic E-state index is -0.341. The Morgan fingerprint density at radius 1 is 0.853 bits per heavy atom. The van der Waals surface area contributed by atoms with Crippen LogP contribution in [0.25, 0.3) is 0 Å². The van der Waals surface area contributed by atoms with E-state index in [1.807, 2.05) is 19.1 Å². The molecule has 0 radical (unpaired) electrons. The molecule has 0 bridgehead atoms. The van der Waals surface area contributed by atoms with E-state index in [4.69, 9.17) is 19.9 Å². The summed E-state index contributed by atoms with van der Waals surface area (Å²) in [6, 6.07) is 17.0. The lowest BCUT2D eigenvalue weighted by Crippen LogP contribution is -2.35. The molecule has 3 rings (SSSR count). The van der Waals surface area contributed by atoms with Crippen LogP contribution in [0.5, 0.6) is 11.5 Å². The van der Waals surface area contributed by atoms with E-state index in [0.29, 0.717) is 25.0 Å². The van der Waals surface area contributed by atoms with Crippen molar-refractivity contribution in [3.8, 4) is 11.5 Å². The zero-order valence-electron chi connectivity index (χ0n) is 21.9. The van der Waals surface area contributed by atoms with Crippen molar-refractivity contribution in [3.05, 3.63) is 59.7 Å². The lowest BCUT2D eigenvalue weighted by atomic mass is 9.80. The van der Waals surface area contributed by atoms with Crippen LogP contribution in [0.15, 0.2) is 48.5 Å². The first-order valence-corrected chi connectivity index (χ1v) is 13.1. The second kappa shape index (κ2) is 12.6. The highest BCUT2D eigenvalue weighted by molar-refractivity contribution is 5.31. The Kier molecular flexibility index (Phi) is 9.85. The van der Waals surface area contributed by atoms with E-state index in [-0.39, 0.29) is 11.8 Å². The van der Waals surface area contributed by atoms with Crippen LogP contribution in [0.2, 0.25) is 0 Å². The molecule has 2 unspecified atom stereocenters. The Labute approximate surface area is 207 Å². The smallest absolute Gasteiger partial charge is 0.197 e. The second-order valence-corrected chi connectivity index (χ2v) is 10.9. The van der Waals surface area contributed by atoms with E-state index in [9.17, 15) is 0 Å². The topological polar surface area (TPSA) is 53.7 Å². The first-order valence-electron chi connectivity index (χ1n) is 13.1. The zero-order chi connectivity index (χ0) is 24.6. The Bertz CT molecular complexity index is 833. The molecular weight excluding hydrogens is 422 g/mol. The largest absolute Gasteiger partial charge is 0.491 e. The molecule has 1 aliphatic rings. The van der Waals surface area contributed by atoms with Gasteiger partial charge in [-0.2, -0.15) is 0 Å². The van der Waals surface area contributed by atoms with Crippen molar-refractivity contribution < 1.29 is 14.2 Å². The predicted molar refractivity (Wildman–Crippen MR) is 141 cm³/mol. The molecule has 2 aromatic carbocycles. The van der Waals surface area contributed by atoms with Gasteiger partial charge in [-0.15, -0.1) is 0 Å². The fourth-order valence-corrected chi connectivity index (χ4v) is 4.97. The predicted octanol–water partition coefficient (Wildman–Crippen LogP) is 7.42. The van der Waals surface area contributed by atoms with Gasteiger partial charge >= 0.3 is 0 Å². The average molecular weight is 468 g/mol.